The second kappa shape index (κ2) is 7.31. The summed E-state index contributed by atoms with van der Waals surface area (Å²) in [5.74, 6) is 1.58. The lowest BCUT2D eigenvalue weighted by Crippen LogP contribution is -2.09. The first-order chi connectivity index (χ1) is 9.65. The molecule has 0 aliphatic carbocycles. The summed E-state index contributed by atoms with van der Waals surface area (Å²) in [6.45, 7) is 2.69. The molecule has 2 aromatic rings. The Morgan fingerprint density at radius 1 is 1.00 bits per heavy atom. The largest absolute Gasteiger partial charge is 0.490 e. The molecule has 0 heterocycles. The topological polar surface area (TPSA) is 38.7 Å². The smallest absolute Gasteiger partial charge is 0.122 e. The Hall–Kier alpha value is -1.52. The van der Waals surface area contributed by atoms with E-state index in [1.165, 1.54) is 0 Å². The van der Waals surface area contributed by atoms with Gasteiger partial charge in [-0.1, -0.05) is 34.1 Å². The molecular weight excluding hydrogens is 320 g/mol. The quantitative estimate of drug-likeness (QED) is 0.811. The normalized spacial score (nSPS) is 11.9. The van der Waals surface area contributed by atoms with Crippen LogP contribution in [0.15, 0.2) is 53.0 Å². The molecule has 3 nitrogen and oxygen atoms in total. The molecule has 0 spiro atoms. The lowest BCUT2D eigenvalue weighted by Gasteiger charge is -2.10. The summed E-state index contributed by atoms with van der Waals surface area (Å²) < 4.78 is 12.1. The van der Waals surface area contributed by atoms with E-state index in [1.807, 2.05) is 48.5 Å². The molecule has 2 rings (SSSR count). The van der Waals surface area contributed by atoms with Gasteiger partial charge in [0.05, 0.1) is 6.10 Å². The maximum atomic E-state index is 9.41. The third-order valence-corrected chi connectivity index (χ3v) is 3.27. The molecule has 0 unspecified atom stereocenters. The molecule has 0 saturated heterocycles. The lowest BCUT2D eigenvalue weighted by molar-refractivity contribution is 0.198. The van der Waals surface area contributed by atoms with Gasteiger partial charge in [-0.2, -0.15) is 0 Å². The van der Waals surface area contributed by atoms with Gasteiger partial charge in [0.2, 0.25) is 0 Å². The van der Waals surface area contributed by atoms with Crippen molar-refractivity contribution in [3.63, 3.8) is 0 Å². The zero-order valence-electron chi connectivity index (χ0n) is 11.3. The van der Waals surface area contributed by atoms with Crippen molar-refractivity contribution in [3.8, 4) is 11.5 Å². The first-order valence-corrected chi connectivity index (χ1v) is 7.23. The number of benzene rings is 2. The summed E-state index contributed by atoms with van der Waals surface area (Å²) in [4.78, 5) is 0. The highest BCUT2D eigenvalue weighted by molar-refractivity contribution is 9.10. The summed E-state index contributed by atoms with van der Waals surface area (Å²) in [6, 6.07) is 15.1. The van der Waals surface area contributed by atoms with Gasteiger partial charge in [0.1, 0.15) is 24.7 Å². The molecule has 0 saturated carbocycles. The molecular formula is C16H17BrO3. The van der Waals surface area contributed by atoms with Gasteiger partial charge < -0.3 is 14.6 Å². The summed E-state index contributed by atoms with van der Waals surface area (Å²) in [6.07, 6.45) is -0.455. The van der Waals surface area contributed by atoms with Gasteiger partial charge in [-0.25, -0.2) is 0 Å². The minimum Gasteiger partial charge on any atom is -0.490 e. The third-order valence-electron chi connectivity index (χ3n) is 2.78. The zero-order chi connectivity index (χ0) is 14.4. The Morgan fingerprint density at radius 3 is 2.25 bits per heavy atom. The van der Waals surface area contributed by atoms with Crippen molar-refractivity contribution < 1.29 is 14.6 Å². The lowest BCUT2D eigenvalue weighted by atomic mass is 10.1. The number of aliphatic hydroxyl groups excluding tert-OH is 1. The van der Waals surface area contributed by atoms with Crippen LogP contribution in [0.1, 0.15) is 18.6 Å². The average molecular weight is 337 g/mol. The standard InChI is InChI=1S/C16H17BrO3/c1-12(18)13-5-7-15(8-6-13)19-9-10-20-16-4-2-3-14(17)11-16/h2-8,11-12,18H,9-10H2,1H3/t12-/m1/s1. The van der Waals surface area contributed by atoms with E-state index < -0.39 is 6.10 Å². The van der Waals surface area contributed by atoms with Crippen molar-refractivity contribution in [1.29, 1.82) is 0 Å². The molecule has 4 heteroatoms. The molecule has 0 amide bonds. The first-order valence-electron chi connectivity index (χ1n) is 6.44. The van der Waals surface area contributed by atoms with Gasteiger partial charge in [-0.3, -0.25) is 0 Å². The van der Waals surface area contributed by atoms with Crippen LogP contribution in [0.4, 0.5) is 0 Å². The Morgan fingerprint density at radius 2 is 1.65 bits per heavy atom. The van der Waals surface area contributed by atoms with E-state index in [0.717, 1.165) is 21.5 Å². The van der Waals surface area contributed by atoms with Crippen LogP contribution in [0.2, 0.25) is 0 Å². The Balaban J connectivity index is 1.75. The highest BCUT2D eigenvalue weighted by Crippen LogP contribution is 2.19. The average Bonchev–Trinajstić information content (AvgIpc) is 2.44. The van der Waals surface area contributed by atoms with Crippen LogP contribution >= 0.6 is 15.9 Å². The predicted octanol–water partition coefficient (Wildman–Crippen LogP) is 3.96. The molecule has 20 heavy (non-hydrogen) atoms. The van der Waals surface area contributed by atoms with Crippen LogP contribution in [-0.4, -0.2) is 18.3 Å². The fourth-order valence-corrected chi connectivity index (χ4v) is 2.10. The zero-order valence-corrected chi connectivity index (χ0v) is 12.8. The van der Waals surface area contributed by atoms with Gasteiger partial charge in [0.15, 0.2) is 0 Å². The Kier molecular flexibility index (Phi) is 5.44. The van der Waals surface area contributed by atoms with Gasteiger partial charge in [-0.15, -0.1) is 0 Å². The van der Waals surface area contributed by atoms with E-state index in [-0.39, 0.29) is 0 Å². The van der Waals surface area contributed by atoms with Crippen molar-refractivity contribution in [1.82, 2.24) is 0 Å². The maximum absolute atomic E-state index is 9.41. The van der Waals surface area contributed by atoms with E-state index in [1.54, 1.807) is 6.92 Å². The van der Waals surface area contributed by atoms with Gasteiger partial charge >= 0.3 is 0 Å². The number of hydrogen-bond acceptors (Lipinski definition) is 3. The fourth-order valence-electron chi connectivity index (χ4n) is 1.72. The van der Waals surface area contributed by atoms with Crippen LogP contribution in [0.25, 0.3) is 0 Å². The van der Waals surface area contributed by atoms with Crippen molar-refractivity contribution in [3.05, 3.63) is 58.6 Å². The second-order valence-corrected chi connectivity index (χ2v) is 5.31. The van der Waals surface area contributed by atoms with Crippen molar-refractivity contribution in [2.45, 2.75) is 13.0 Å². The van der Waals surface area contributed by atoms with E-state index in [2.05, 4.69) is 15.9 Å². The number of hydrogen-bond donors (Lipinski definition) is 1. The molecule has 106 valence electrons. The van der Waals surface area contributed by atoms with E-state index in [9.17, 15) is 5.11 Å². The Bertz CT molecular complexity index is 538. The van der Waals surface area contributed by atoms with Crippen molar-refractivity contribution >= 4 is 15.9 Å². The maximum Gasteiger partial charge on any atom is 0.122 e. The van der Waals surface area contributed by atoms with Crippen LogP contribution in [0, 0.1) is 0 Å². The fraction of sp³-hybridized carbons (Fsp3) is 0.250. The van der Waals surface area contributed by atoms with Gasteiger partial charge in [0, 0.05) is 4.47 Å². The van der Waals surface area contributed by atoms with E-state index >= 15 is 0 Å². The highest BCUT2D eigenvalue weighted by Gasteiger charge is 2.01. The molecule has 0 aliphatic rings. The summed E-state index contributed by atoms with van der Waals surface area (Å²) in [7, 11) is 0. The van der Waals surface area contributed by atoms with Gasteiger partial charge in [-0.05, 0) is 42.8 Å². The van der Waals surface area contributed by atoms with Crippen LogP contribution in [0.3, 0.4) is 0 Å². The molecule has 0 aliphatic heterocycles. The van der Waals surface area contributed by atoms with E-state index in [0.29, 0.717) is 13.2 Å². The van der Waals surface area contributed by atoms with Crippen LogP contribution in [0.5, 0.6) is 11.5 Å². The molecule has 0 aromatic heterocycles. The predicted molar refractivity (Wildman–Crippen MR) is 82.2 cm³/mol. The minimum absolute atomic E-state index is 0.455. The molecule has 2 aromatic carbocycles. The van der Waals surface area contributed by atoms with Crippen LogP contribution in [-0.2, 0) is 0 Å². The molecule has 0 radical (unpaired) electrons. The van der Waals surface area contributed by atoms with Crippen molar-refractivity contribution in [2.24, 2.45) is 0 Å². The first kappa shape index (κ1) is 14.9. The third kappa shape index (κ3) is 4.54. The number of ether oxygens (including phenoxy) is 2. The minimum atomic E-state index is -0.455. The number of halogens is 1. The molecule has 0 bridgehead atoms. The van der Waals surface area contributed by atoms with Gasteiger partial charge in [0.25, 0.3) is 0 Å². The highest BCUT2D eigenvalue weighted by atomic mass is 79.9. The SMILES string of the molecule is C[C@@H](O)c1ccc(OCCOc2cccc(Br)c2)cc1. The monoisotopic (exact) mass is 336 g/mol. The summed E-state index contributed by atoms with van der Waals surface area (Å²) in [5, 5.41) is 9.41. The number of aliphatic hydroxyl groups is 1. The van der Waals surface area contributed by atoms with Crippen LogP contribution < -0.4 is 9.47 Å². The molecule has 0 fully saturated rings. The Labute approximate surface area is 127 Å². The summed E-state index contributed by atoms with van der Waals surface area (Å²) in [5.41, 5.74) is 0.878. The van der Waals surface area contributed by atoms with E-state index in [4.69, 9.17) is 9.47 Å². The summed E-state index contributed by atoms with van der Waals surface area (Å²) >= 11 is 3.39. The number of rotatable bonds is 6. The second-order valence-electron chi connectivity index (χ2n) is 4.40. The molecule has 1 atom stereocenters. The molecule has 1 N–H and O–H groups in total. The van der Waals surface area contributed by atoms with Crippen molar-refractivity contribution in [2.75, 3.05) is 13.2 Å².